The Morgan fingerprint density at radius 1 is 0.300 bits per heavy atom. The monoisotopic (exact) mass is 780 g/mol. The van der Waals surface area contributed by atoms with Crippen molar-refractivity contribution in [1.82, 2.24) is 0 Å². The lowest BCUT2D eigenvalue weighted by atomic mass is 10.0. The van der Waals surface area contributed by atoms with Gasteiger partial charge in [-0.3, -0.25) is 0 Å². The molecule has 0 saturated carbocycles. The molecule has 0 saturated heterocycles. The molecule has 0 fully saturated rings. The summed E-state index contributed by atoms with van der Waals surface area (Å²) in [6.45, 7) is 0.453. The maximum absolute atomic E-state index is 6.64. The Morgan fingerprint density at radius 3 is 1.18 bits per heavy atom. The summed E-state index contributed by atoms with van der Waals surface area (Å²) in [6, 6.07) is 58.8. The van der Waals surface area contributed by atoms with Gasteiger partial charge in [0.15, 0.2) is 23.0 Å². The lowest BCUT2D eigenvalue weighted by molar-refractivity contribution is 0.173. The molecule has 8 nitrogen and oxygen atoms in total. The number of anilines is 6. The summed E-state index contributed by atoms with van der Waals surface area (Å²) >= 11 is 0. The molecule has 60 heavy (non-hydrogen) atoms. The first-order valence-electron chi connectivity index (χ1n) is 19.9. The molecule has 4 heterocycles. The lowest BCUT2D eigenvalue weighted by Crippen LogP contribution is -2.09. The SMILES string of the molecule is c1ccc(N(c2ccc3c(c2)OCO3)c2ccc3cc4c(cc3c2)oc2ccc3oc5cc6cc(N(c7ccccc7)c7ccc8c(c7)OCO8)ccc6cc5c3c24)cc1. The van der Waals surface area contributed by atoms with Crippen molar-refractivity contribution >= 4 is 99.5 Å². The lowest BCUT2D eigenvalue weighted by Gasteiger charge is -2.26. The van der Waals surface area contributed by atoms with E-state index in [1.807, 2.05) is 48.5 Å². The van der Waals surface area contributed by atoms with Gasteiger partial charge in [0.2, 0.25) is 13.6 Å². The first kappa shape index (κ1) is 32.9. The molecule has 2 aliphatic heterocycles. The van der Waals surface area contributed by atoms with Crippen LogP contribution in [0, 0.1) is 0 Å². The predicted molar refractivity (Wildman–Crippen MR) is 238 cm³/mol. The van der Waals surface area contributed by atoms with Gasteiger partial charge in [-0.05, 0) is 131 Å². The van der Waals surface area contributed by atoms with Crippen molar-refractivity contribution in [3.63, 3.8) is 0 Å². The molecule has 11 aromatic rings. The van der Waals surface area contributed by atoms with Gasteiger partial charge >= 0.3 is 0 Å². The minimum absolute atomic E-state index is 0.226. The summed E-state index contributed by atoms with van der Waals surface area (Å²) in [6.07, 6.45) is 0. The second kappa shape index (κ2) is 12.7. The first-order valence-corrected chi connectivity index (χ1v) is 19.9. The molecule has 0 spiro atoms. The van der Waals surface area contributed by atoms with Gasteiger partial charge in [-0.25, -0.2) is 0 Å². The highest BCUT2D eigenvalue weighted by molar-refractivity contribution is 6.27. The summed E-state index contributed by atoms with van der Waals surface area (Å²) in [5.41, 5.74) is 9.35. The van der Waals surface area contributed by atoms with Gasteiger partial charge < -0.3 is 37.6 Å². The van der Waals surface area contributed by atoms with Gasteiger partial charge in [-0.15, -0.1) is 0 Å². The van der Waals surface area contributed by atoms with Crippen LogP contribution in [0.5, 0.6) is 23.0 Å². The van der Waals surface area contributed by atoms with Crippen LogP contribution in [-0.2, 0) is 0 Å². The van der Waals surface area contributed by atoms with Crippen molar-refractivity contribution in [2.24, 2.45) is 0 Å². The van der Waals surface area contributed by atoms with Crippen LogP contribution in [0.3, 0.4) is 0 Å². The van der Waals surface area contributed by atoms with E-state index in [1.165, 1.54) is 0 Å². The Hall–Kier alpha value is -8.10. The summed E-state index contributed by atoms with van der Waals surface area (Å²) in [5.74, 6) is 2.98. The van der Waals surface area contributed by atoms with Gasteiger partial charge in [-0.1, -0.05) is 48.5 Å². The second-order valence-corrected chi connectivity index (χ2v) is 15.2. The zero-order valence-electron chi connectivity index (χ0n) is 31.9. The van der Waals surface area contributed by atoms with E-state index in [0.717, 1.165) is 123 Å². The largest absolute Gasteiger partial charge is 0.456 e. The minimum atomic E-state index is 0.226. The molecule has 286 valence electrons. The molecule has 0 amide bonds. The highest BCUT2D eigenvalue weighted by atomic mass is 16.7. The van der Waals surface area contributed by atoms with Gasteiger partial charge in [-0.2, -0.15) is 0 Å². The maximum Gasteiger partial charge on any atom is 0.231 e. The van der Waals surface area contributed by atoms with Gasteiger partial charge in [0.25, 0.3) is 0 Å². The fourth-order valence-corrected chi connectivity index (χ4v) is 8.97. The predicted octanol–water partition coefficient (Wildman–Crippen LogP) is 14.2. The Kier molecular flexibility index (Phi) is 6.97. The van der Waals surface area contributed by atoms with E-state index in [1.54, 1.807) is 0 Å². The fraction of sp³-hybridized carbons (Fsp3) is 0.0385. The van der Waals surface area contributed by atoms with E-state index in [-0.39, 0.29) is 13.6 Å². The van der Waals surface area contributed by atoms with Crippen molar-refractivity contribution in [3.8, 4) is 23.0 Å². The van der Waals surface area contributed by atoms with Crippen LogP contribution < -0.4 is 28.7 Å². The number of hydrogen-bond acceptors (Lipinski definition) is 8. The average molecular weight is 781 g/mol. The van der Waals surface area contributed by atoms with Crippen molar-refractivity contribution < 1.29 is 27.8 Å². The van der Waals surface area contributed by atoms with Crippen molar-refractivity contribution in [3.05, 3.63) is 170 Å². The zero-order chi connectivity index (χ0) is 39.3. The molecule has 13 rings (SSSR count). The highest BCUT2D eigenvalue weighted by Gasteiger charge is 2.23. The van der Waals surface area contributed by atoms with Crippen molar-refractivity contribution in [2.45, 2.75) is 0 Å². The van der Waals surface area contributed by atoms with E-state index in [2.05, 4.69) is 131 Å². The van der Waals surface area contributed by atoms with Crippen LogP contribution in [-0.4, -0.2) is 13.6 Å². The van der Waals surface area contributed by atoms with Crippen LogP contribution in [0.4, 0.5) is 34.1 Å². The first-order chi connectivity index (χ1) is 29.7. The Morgan fingerprint density at radius 2 is 0.717 bits per heavy atom. The minimum Gasteiger partial charge on any atom is -0.456 e. The van der Waals surface area contributed by atoms with Crippen molar-refractivity contribution in [1.29, 1.82) is 0 Å². The van der Waals surface area contributed by atoms with E-state index >= 15 is 0 Å². The number of hydrogen-bond donors (Lipinski definition) is 0. The quantitative estimate of drug-likeness (QED) is 0.165. The topological polar surface area (TPSA) is 69.7 Å². The summed E-state index contributed by atoms with van der Waals surface area (Å²) < 4.78 is 36.0. The average Bonchev–Trinajstić information content (AvgIpc) is 4.10. The normalized spacial score (nSPS) is 13.1. The summed E-state index contributed by atoms with van der Waals surface area (Å²) in [4.78, 5) is 4.46. The standard InChI is InChI=1S/C52H32N2O6/c1-3-7-35(8-4-1)53(39-15-17-43-49(27-39)57-29-55-43)37-13-11-31-23-41-47(25-33(31)21-37)59-45-19-20-46-52(51(41)45)42-24-32-12-14-38(22-34(32)26-48(42)60-46)54(36-9-5-2-6-10-36)40-16-18-44-50(28-40)58-30-56-44/h1-28H,29-30H2. The summed E-state index contributed by atoms with van der Waals surface area (Å²) in [5, 5.41) is 8.56. The molecular formula is C52H32N2O6. The number of fused-ring (bicyclic) bond motifs is 11. The Balaban J connectivity index is 0.932. The van der Waals surface area contributed by atoms with Crippen LogP contribution in [0.25, 0.3) is 65.4 Å². The number of furan rings is 2. The maximum atomic E-state index is 6.64. The fourth-order valence-electron chi connectivity index (χ4n) is 8.97. The molecule has 0 N–H and O–H groups in total. The van der Waals surface area contributed by atoms with E-state index < -0.39 is 0 Å². The molecule has 8 heteroatoms. The number of nitrogens with zero attached hydrogens (tertiary/aromatic N) is 2. The molecule has 0 aliphatic carbocycles. The van der Waals surface area contributed by atoms with Gasteiger partial charge in [0.1, 0.15) is 22.3 Å². The number of para-hydroxylation sites is 2. The summed E-state index contributed by atoms with van der Waals surface area (Å²) in [7, 11) is 0. The van der Waals surface area contributed by atoms with Crippen LogP contribution >= 0.6 is 0 Å². The molecule has 0 bridgehead atoms. The van der Waals surface area contributed by atoms with E-state index in [4.69, 9.17) is 27.8 Å². The van der Waals surface area contributed by atoms with Crippen LogP contribution in [0.15, 0.2) is 179 Å². The molecule has 2 aromatic heterocycles. The highest BCUT2D eigenvalue weighted by Crippen LogP contribution is 2.46. The number of benzene rings is 9. The van der Waals surface area contributed by atoms with Crippen LogP contribution in [0.1, 0.15) is 0 Å². The van der Waals surface area contributed by atoms with Gasteiger partial charge in [0.05, 0.1) is 11.4 Å². The van der Waals surface area contributed by atoms with Gasteiger partial charge in [0, 0.05) is 56.4 Å². The molecule has 0 unspecified atom stereocenters. The molecular weight excluding hydrogens is 749 g/mol. The van der Waals surface area contributed by atoms with E-state index in [0.29, 0.717) is 0 Å². The second-order valence-electron chi connectivity index (χ2n) is 15.2. The number of rotatable bonds is 6. The molecule has 2 aliphatic rings. The Bertz CT molecular complexity index is 3290. The van der Waals surface area contributed by atoms with E-state index in [9.17, 15) is 0 Å². The zero-order valence-corrected chi connectivity index (χ0v) is 31.9. The third kappa shape index (κ3) is 5.10. The molecule has 9 aromatic carbocycles. The Labute approximate surface area is 342 Å². The molecule has 0 atom stereocenters. The number of ether oxygens (including phenoxy) is 4. The third-order valence-electron chi connectivity index (χ3n) is 11.7. The molecule has 0 radical (unpaired) electrons. The smallest absolute Gasteiger partial charge is 0.231 e. The van der Waals surface area contributed by atoms with Crippen molar-refractivity contribution in [2.75, 3.05) is 23.4 Å². The van der Waals surface area contributed by atoms with Crippen LogP contribution in [0.2, 0.25) is 0 Å². The third-order valence-corrected chi connectivity index (χ3v) is 11.7.